The SMILES string of the molecule is Cc1cc(C)c(C(=O)N2CCN(C(=O)NC3CCCC3)CC2)c(C)c1. The third kappa shape index (κ3) is 3.97. The van der Waals surface area contributed by atoms with Crippen molar-refractivity contribution in [2.45, 2.75) is 52.5 Å². The summed E-state index contributed by atoms with van der Waals surface area (Å²) >= 11 is 0. The molecule has 0 atom stereocenters. The Kier molecular flexibility index (Phi) is 5.30. The lowest BCUT2D eigenvalue weighted by molar-refractivity contribution is 0.0662. The van der Waals surface area contributed by atoms with Crippen molar-refractivity contribution in [3.63, 3.8) is 0 Å². The number of urea groups is 1. The van der Waals surface area contributed by atoms with Crippen LogP contribution in [0.2, 0.25) is 0 Å². The fourth-order valence-corrected chi connectivity index (χ4v) is 4.12. The lowest BCUT2D eigenvalue weighted by atomic mass is 9.98. The van der Waals surface area contributed by atoms with Crippen LogP contribution in [0.15, 0.2) is 12.1 Å². The van der Waals surface area contributed by atoms with Crippen LogP contribution in [-0.2, 0) is 0 Å². The second kappa shape index (κ2) is 7.46. The Labute approximate surface area is 150 Å². The molecular weight excluding hydrogens is 314 g/mol. The van der Waals surface area contributed by atoms with Crippen molar-refractivity contribution < 1.29 is 9.59 Å². The molecule has 0 spiro atoms. The van der Waals surface area contributed by atoms with E-state index < -0.39 is 0 Å². The zero-order valence-electron chi connectivity index (χ0n) is 15.6. The van der Waals surface area contributed by atoms with Gasteiger partial charge in [0.15, 0.2) is 0 Å². The zero-order valence-corrected chi connectivity index (χ0v) is 15.6. The Balaban J connectivity index is 1.58. The van der Waals surface area contributed by atoms with Gasteiger partial charge in [0.2, 0.25) is 0 Å². The highest BCUT2D eigenvalue weighted by molar-refractivity contribution is 5.97. The molecule has 3 rings (SSSR count). The van der Waals surface area contributed by atoms with E-state index >= 15 is 0 Å². The van der Waals surface area contributed by atoms with Gasteiger partial charge in [-0.1, -0.05) is 30.5 Å². The molecule has 2 fully saturated rings. The average Bonchev–Trinajstić information content (AvgIpc) is 3.07. The predicted octanol–water partition coefficient (Wildman–Crippen LogP) is 3.02. The first-order valence-electron chi connectivity index (χ1n) is 9.38. The van der Waals surface area contributed by atoms with E-state index in [9.17, 15) is 9.59 Å². The van der Waals surface area contributed by atoms with Gasteiger partial charge in [0.25, 0.3) is 5.91 Å². The lowest BCUT2D eigenvalue weighted by Gasteiger charge is -2.35. The molecule has 0 bridgehead atoms. The molecule has 0 aromatic heterocycles. The van der Waals surface area contributed by atoms with Crippen LogP contribution in [0.1, 0.15) is 52.7 Å². The van der Waals surface area contributed by atoms with Crippen LogP contribution < -0.4 is 5.32 Å². The van der Waals surface area contributed by atoms with Crippen molar-refractivity contribution in [2.75, 3.05) is 26.2 Å². The second-order valence-electron chi connectivity index (χ2n) is 7.48. The summed E-state index contributed by atoms with van der Waals surface area (Å²) in [7, 11) is 0. The summed E-state index contributed by atoms with van der Waals surface area (Å²) in [5.74, 6) is 0.0888. The van der Waals surface area contributed by atoms with Crippen molar-refractivity contribution in [1.29, 1.82) is 0 Å². The van der Waals surface area contributed by atoms with Gasteiger partial charge in [0.1, 0.15) is 0 Å². The van der Waals surface area contributed by atoms with Crippen LogP contribution in [0.3, 0.4) is 0 Å². The van der Waals surface area contributed by atoms with Gasteiger partial charge >= 0.3 is 6.03 Å². The number of rotatable bonds is 2. The summed E-state index contributed by atoms with van der Waals surface area (Å²) in [5.41, 5.74) is 4.06. The van der Waals surface area contributed by atoms with E-state index in [0.29, 0.717) is 32.2 Å². The maximum absolute atomic E-state index is 12.9. The second-order valence-corrected chi connectivity index (χ2v) is 7.48. The van der Waals surface area contributed by atoms with Crippen LogP contribution in [0.5, 0.6) is 0 Å². The van der Waals surface area contributed by atoms with Crippen molar-refractivity contribution in [1.82, 2.24) is 15.1 Å². The highest BCUT2D eigenvalue weighted by Gasteiger charge is 2.27. The van der Waals surface area contributed by atoms with Crippen LogP contribution in [0.25, 0.3) is 0 Å². The van der Waals surface area contributed by atoms with Gasteiger partial charge in [0.05, 0.1) is 0 Å². The van der Waals surface area contributed by atoms with E-state index in [0.717, 1.165) is 29.5 Å². The number of carbonyl (C=O) groups is 2. The Morgan fingerprint density at radius 1 is 0.920 bits per heavy atom. The molecule has 0 unspecified atom stereocenters. The number of amides is 3. The largest absolute Gasteiger partial charge is 0.335 e. The number of hydrogen-bond acceptors (Lipinski definition) is 2. The Hall–Kier alpha value is -2.04. The Morgan fingerprint density at radius 3 is 2.00 bits per heavy atom. The molecule has 0 radical (unpaired) electrons. The average molecular weight is 343 g/mol. The minimum absolute atomic E-state index is 0.0293. The number of nitrogens with zero attached hydrogens (tertiary/aromatic N) is 2. The molecule has 1 aliphatic heterocycles. The van der Waals surface area contributed by atoms with Crippen molar-refractivity contribution in [3.8, 4) is 0 Å². The summed E-state index contributed by atoms with van der Waals surface area (Å²) in [5, 5.41) is 3.13. The van der Waals surface area contributed by atoms with Crippen molar-refractivity contribution in [2.24, 2.45) is 0 Å². The topological polar surface area (TPSA) is 52.7 Å². The van der Waals surface area contributed by atoms with Crippen LogP contribution in [0, 0.1) is 20.8 Å². The maximum Gasteiger partial charge on any atom is 0.317 e. The predicted molar refractivity (Wildman–Crippen MR) is 98.9 cm³/mol. The van der Waals surface area contributed by atoms with Crippen molar-refractivity contribution >= 4 is 11.9 Å². The first kappa shape index (κ1) is 17.8. The molecule has 1 aliphatic carbocycles. The third-order valence-electron chi connectivity index (χ3n) is 5.43. The standard InChI is InChI=1S/C20H29N3O2/c1-14-12-15(2)18(16(3)13-14)19(24)22-8-10-23(11-9-22)20(25)21-17-6-4-5-7-17/h12-13,17H,4-11H2,1-3H3,(H,21,25). The molecular formula is C20H29N3O2. The number of carbonyl (C=O) groups excluding carboxylic acids is 2. The molecule has 1 saturated carbocycles. The van der Waals surface area contributed by atoms with Crippen LogP contribution in [0.4, 0.5) is 4.79 Å². The Morgan fingerprint density at radius 2 is 1.44 bits per heavy atom. The first-order chi connectivity index (χ1) is 12.0. The Bertz CT molecular complexity index is 634. The fraction of sp³-hybridized carbons (Fsp3) is 0.600. The quantitative estimate of drug-likeness (QED) is 0.897. The molecule has 3 amide bonds. The fourth-order valence-electron chi connectivity index (χ4n) is 4.12. The van der Waals surface area contributed by atoms with Crippen LogP contribution >= 0.6 is 0 Å². The molecule has 136 valence electrons. The van der Waals surface area contributed by atoms with E-state index in [1.165, 1.54) is 18.4 Å². The molecule has 1 aromatic carbocycles. The molecule has 5 nitrogen and oxygen atoms in total. The minimum atomic E-state index is 0.0293. The van der Waals surface area contributed by atoms with E-state index in [1.54, 1.807) is 0 Å². The van der Waals surface area contributed by atoms with E-state index in [1.807, 2.05) is 23.6 Å². The van der Waals surface area contributed by atoms with Gasteiger partial charge in [-0.3, -0.25) is 4.79 Å². The molecule has 5 heteroatoms. The van der Waals surface area contributed by atoms with E-state index in [4.69, 9.17) is 0 Å². The zero-order chi connectivity index (χ0) is 18.0. The maximum atomic E-state index is 12.9. The van der Waals surface area contributed by atoms with Gasteiger partial charge in [-0.05, 0) is 44.7 Å². The van der Waals surface area contributed by atoms with Crippen molar-refractivity contribution in [3.05, 3.63) is 34.4 Å². The number of nitrogens with one attached hydrogen (secondary N) is 1. The lowest BCUT2D eigenvalue weighted by Crippen LogP contribution is -2.54. The first-order valence-corrected chi connectivity index (χ1v) is 9.38. The monoisotopic (exact) mass is 343 g/mol. The van der Waals surface area contributed by atoms with Crippen LogP contribution in [-0.4, -0.2) is 54.0 Å². The van der Waals surface area contributed by atoms with E-state index in [2.05, 4.69) is 24.4 Å². The number of piperazine rings is 1. The highest BCUT2D eigenvalue weighted by Crippen LogP contribution is 2.20. The normalized spacial score (nSPS) is 18.5. The summed E-state index contributed by atoms with van der Waals surface area (Å²) < 4.78 is 0. The number of aryl methyl sites for hydroxylation is 3. The molecule has 2 aliphatic rings. The van der Waals surface area contributed by atoms with E-state index in [-0.39, 0.29) is 11.9 Å². The van der Waals surface area contributed by atoms with Gasteiger partial charge < -0.3 is 15.1 Å². The highest BCUT2D eigenvalue weighted by atomic mass is 16.2. The minimum Gasteiger partial charge on any atom is -0.335 e. The molecule has 1 N–H and O–H groups in total. The summed E-state index contributed by atoms with van der Waals surface area (Å²) in [6, 6.07) is 4.49. The van der Waals surface area contributed by atoms with Gasteiger partial charge in [0, 0.05) is 37.8 Å². The molecule has 1 aromatic rings. The summed E-state index contributed by atoms with van der Waals surface area (Å²) in [4.78, 5) is 29.0. The third-order valence-corrected chi connectivity index (χ3v) is 5.43. The van der Waals surface area contributed by atoms with Gasteiger partial charge in [-0.15, -0.1) is 0 Å². The molecule has 25 heavy (non-hydrogen) atoms. The summed E-state index contributed by atoms with van der Waals surface area (Å²) in [6.45, 7) is 8.46. The number of hydrogen-bond donors (Lipinski definition) is 1. The number of benzene rings is 1. The smallest absolute Gasteiger partial charge is 0.317 e. The molecule has 1 heterocycles. The van der Waals surface area contributed by atoms with Gasteiger partial charge in [-0.2, -0.15) is 0 Å². The molecule has 1 saturated heterocycles. The van der Waals surface area contributed by atoms with Gasteiger partial charge in [-0.25, -0.2) is 4.79 Å². The summed E-state index contributed by atoms with van der Waals surface area (Å²) in [6.07, 6.45) is 4.61.